The molecule has 0 radical (unpaired) electrons. The first-order chi connectivity index (χ1) is 18.4. The van der Waals surface area contributed by atoms with Crippen LogP contribution in [0.3, 0.4) is 0 Å². The van der Waals surface area contributed by atoms with Crippen LogP contribution in [0, 0.1) is 56.7 Å². The first-order valence-corrected chi connectivity index (χ1v) is 15.1. The third-order valence-electron chi connectivity index (χ3n) is 12.3. The minimum atomic E-state index is -2.30. The molecule has 0 heterocycles. The Morgan fingerprint density at radius 1 is 1.15 bits per heavy atom. The minimum absolute atomic E-state index is 0.0315. The second kappa shape index (κ2) is 8.73. The summed E-state index contributed by atoms with van der Waals surface area (Å²) in [7, 11) is 0. The molecule has 1 N–H and O–H groups in total. The molecular formula is C31H39F2NO5S. The Morgan fingerprint density at radius 3 is 2.35 bits per heavy atom. The van der Waals surface area contributed by atoms with Gasteiger partial charge in [-0.05, 0) is 60.7 Å². The summed E-state index contributed by atoms with van der Waals surface area (Å²) in [4.78, 5) is 40.0. The number of nitrogens with zero attached hydrogens (tertiary/aromatic N) is 1. The zero-order valence-electron chi connectivity index (χ0n) is 24.2. The lowest BCUT2D eigenvalue weighted by molar-refractivity contribution is -0.229. The van der Waals surface area contributed by atoms with E-state index in [4.69, 9.17) is 4.74 Å². The maximum Gasteiger partial charge on any atom is 0.311 e. The van der Waals surface area contributed by atoms with Gasteiger partial charge in [-0.2, -0.15) is 5.26 Å². The topological polar surface area (TPSA) is 104 Å². The maximum absolute atomic E-state index is 17.6. The summed E-state index contributed by atoms with van der Waals surface area (Å²) in [6.07, 6.45) is 0.364. The zero-order chi connectivity index (χ0) is 29.8. The van der Waals surface area contributed by atoms with Crippen molar-refractivity contribution >= 4 is 28.6 Å². The molecule has 6 nitrogen and oxygen atoms in total. The Morgan fingerprint density at radius 2 is 1.77 bits per heavy atom. The molecule has 0 aromatic rings. The molecule has 9 heteroatoms. The van der Waals surface area contributed by atoms with Crippen molar-refractivity contribution in [2.75, 3.05) is 5.75 Å². The lowest BCUT2D eigenvalue weighted by Crippen LogP contribution is -2.70. The Labute approximate surface area is 239 Å². The van der Waals surface area contributed by atoms with E-state index in [2.05, 4.69) is 0 Å². The predicted octanol–water partition coefficient (Wildman–Crippen LogP) is 5.30. The van der Waals surface area contributed by atoms with Crippen molar-refractivity contribution in [1.82, 2.24) is 0 Å². The van der Waals surface area contributed by atoms with Gasteiger partial charge in [0, 0.05) is 22.7 Å². The number of nitriles is 1. The summed E-state index contributed by atoms with van der Waals surface area (Å²) >= 11 is 0.768. The van der Waals surface area contributed by atoms with Gasteiger partial charge < -0.3 is 9.84 Å². The Hall–Kier alpha value is -2.05. The molecule has 40 heavy (non-hydrogen) atoms. The number of hydrogen-bond donors (Lipinski definition) is 1. The van der Waals surface area contributed by atoms with Crippen LogP contribution in [0.1, 0.15) is 67.7 Å². The van der Waals surface area contributed by atoms with Crippen molar-refractivity contribution in [3.05, 3.63) is 23.8 Å². The van der Waals surface area contributed by atoms with E-state index < -0.39 is 74.9 Å². The highest BCUT2D eigenvalue weighted by atomic mass is 32.2. The van der Waals surface area contributed by atoms with Crippen LogP contribution in [0.25, 0.3) is 0 Å². The molecule has 0 saturated heterocycles. The van der Waals surface area contributed by atoms with Gasteiger partial charge in [-0.25, -0.2) is 8.78 Å². The smallest absolute Gasteiger partial charge is 0.311 e. The van der Waals surface area contributed by atoms with E-state index in [1.54, 1.807) is 13.8 Å². The normalized spacial score (nSPS) is 46.4. The molecule has 9 atom stereocenters. The summed E-state index contributed by atoms with van der Waals surface area (Å²) < 4.78 is 39.7. The molecule has 4 fully saturated rings. The number of esters is 1. The van der Waals surface area contributed by atoms with Crippen LogP contribution >= 0.6 is 11.8 Å². The van der Waals surface area contributed by atoms with Gasteiger partial charge in [0.25, 0.3) is 0 Å². The number of allylic oxidation sites excluding steroid dienone is 4. The average Bonchev–Trinajstić information content (AvgIpc) is 3.17. The van der Waals surface area contributed by atoms with E-state index in [1.165, 1.54) is 19.1 Å². The van der Waals surface area contributed by atoms with Gasteiger partial charge in [0.2, 0.25) is 5.12 Å². The van der Waals surface area contributed by atoms with Crippen LogP contribution in [0.15, 0.2) is 23.8 Å². The fraction of sp³-hybridized carbons (Fsp3) is 0.742. The molecule has 0 spiro atoms. The lowest BCUT2D eigenvalue weighted by Gasteiger charge is -2.63. The van der Waals surface area contributed by atoms with Crippen LogP contribution < -0.4 is 0 Å². The number of hydrogen-bond acceptors (Lipinski definition) is 7. The quantitative estimate of drug-likeness (QED) is 0.454. The van der Waals surface area contributed by atoms with E-state index >= 15 is 8.78 Å². The van der Waals surface area contributed by atoms with Gasteiger partial charge in [0.1, 0.15) is 6.17 Å². The third kappa shape index (κ3) is 3.32. The summed E-state index contributed by atoms with van der Waals surface area (Å²) in [5, 5.41) is 20.4. The molecule has 5 aliphatic rings. The number of fused-ring (bicyclic) bond motifs is 5. The van der Waals surface area contributed by atoms with Crippen LogP contribution in [0.2, 0.25) is 0 Å². The summed E-state index contributed by atoms with van der Waals surface area (Å²) in [5.74, 6) is -3.70. The van der Waals surface area contributed by atoms with Crippen molar-refractivity contribution in [1.29, 1.82) is 5.26 Å². The Balaban J connectivity index is 1.62. The lowest BCUT2D eigenvalue weighted by atomic mass is 9.44. The second-order valence-corrected chi connectivity index (χ2v) is 15.2. The van der Waals surface area contributed by atoms with E-state index in [0.717, 1.165) is 17.8 Å². The Bertz CT molecular complexity index is 1270. The fourth-order valence-corrected chi connectivity index (χ4v) is 10.3. The van der Waals surface area contributed by atoms with E-state index in [0.29, 0.717) is 0 Å². The molecule has 5 rings (SSSR count). The number of ether oxygens (including phenoxy) is 1. The number of aliphatic hydroxyl groups is 1. The predicted molar refractivity (Wildman–Crippen MR) is 146 cm³/mol. The SMILES string of the molecule is C[C@H]1C[C@H]2[C@@H]3C[C@H](F)C4=CC(=O)C=C[C@]4(C)[C@@]3(F)[C@@H](O)C[C@]2(C)[C@@]1(OC(=O)C1C(C)(C)C1(C)C)C(=O)SCC#N. The Kier molecular flexibility index (Phi) is 6.43. The molecular weight excluding hydrogens is 536 g/mol. The number of alkyl halides is 2. The van der Waals surface area contributed by atoms with Crippen molar-refractivity contribution in [3.63, 3.8) is 0 Å². The number of rotatable bonds is 4. The number of carbonyl (C=O) groups is 3. The van der Waals surface area contributed by atoms with Crippen LogP contribution in [0.5, 0.6) is 0 Å². The minimum Gasteiger partial charge on any atom is -0.449 e. The third-order valence-corrected chi connectivity index (χ3v) is 13.1. The molecule has 0 aliphatic heterocycles. The summed E-state index contributed by atoms with van der Waals surface area (Å²) in [6, 6.07) is 1.96. The van der Waals surface area contributed by atoms with Gasteiger partial charge in [-0.1, -0.05) is 59.4 Å². The van der Waals surface area contributed by atoms with Crippen molar-refractivity contribution < 1.29 is 33.0 Å². The first-order valence-electron chi connectivity index (χ1n) is 14.1. The van der Waals surface area contributed by atoms with E-state index in [1.807, 2.05) is 33.8 Å². The second-order valence-electron chi connectivity index (χ2n) is 14.3. The monoisotopic (exact) mass is 575 g/mol. The van der Waals surface area contributed by atoms with E-state index in [-0.39, 0.29) is 41.4 Å². The number of thioether (sulfide) groups is 1. The highest BCUT2D eigenvalue weighted by molar-refractivity contribution is 8.14. The van der Waals surface area contributed by atoms with E-state index in [9.17, 15) is 24.8 Å². The van der Waals surface area contributed by atoms with Crippen molar-refractivity contribution in [3.8, 4) is 6.07 Å². The van der Waals surface area contributed by atoms with Gasteiger partial charge in [-0.15, -0.1) is 0 Å². The first kappa shape index (κ1) is 29.4. The van der Waals surface area contributed by atoms with Crippen LogP contribution in [-0.4, -0.2) is 51.3 Å². The summed E-state index contributed by atoms with van der Waals surface area (Å²) in [5.41, 5.74) is -7.47. The molecule has 0 bridgehead atoms. The van der Waals surface area contributed by atoms with Crippen molar-refractivity contribution in [2.24, 2.45) is 45.3 Å². The molecule has 0 aromatic heterocycles. The molecule has 0 unspecified atom stereocenters. The number of ketones is 1. The molecule has 5 aliphatic carbocycles. The molecule has 218 valence electrons. The summed E-state index contributed by atoms with van der Waals surface area (Å²) in [6.45, 7) is 13.0. The highest BCUT2D eigenvalue weighted by Crippen LogP contribution is 2.73. The van der Waals surface area contributed by atoms with Crippen LogP contribution in [-0.2, 0) is 19.1 Å². The average molecular weight is 576 g/mol. The largest absolute Gasteiger partial charge is 0.449 e. The number of aliphatic hydroxyl groups excluding tert-OH is 1. The van der Waals surface area contributed by atoms with Crippen molar-refractivity contribution in [2.45, 2.75) is 91.3 Å². The molecule has 0 amide bonds. The van der Waals surface area contributed by atoms with Gasteiger partial charge >= 0.3 is 5.97 Å². The molecule has 4 saturated carbocycles. The van der Waals surface area contributed by atoms with Gasteiger partial charge in [0.15, 0.2) is 17.1 Å². The maximum atomic E-state index is 17.6. The standard InChI is InChI=1S/C31H39F2NO5S/c1-16-12-18-19-14-21(32)20-13-17(35)8-9-28(20,6)30(19,33)22(36)15-29(18,7)31(16,25(38)40-11-10-34)39-24(37)23-26(2,3)27(23,4)5/h8-9,13,16,18-19,21-23,36H,11-12,14-15H2,1-7H3/t16-,18-,19-,21-,22-,28-,29-,30-,31-/m0/s1. The van der Waals surface area contributed by atoms with Gasteiger partial charge in [-0.3, -0.25) is 14.4 Å². The van der Waals surface area contributed by atoms with Crippen LogP contribution in [0.4, 0.5) is 8.78 Å². The number of halogens is 2. The van der Waals surface area contributed by atoms with Gasteiger partial charge in [0.05, 0.1) is 23.8 Å². The zero-order valence-corrected chi connectivity index (χ0v) is 25.0. The highest BCUT2D eigenvalue weighted by Gasteiger charge is 2.79. The number of carbonyl (C=O) groups excluding carboxylic acids is 3. The fourth-order valence-electron chi connectivity index (χ4n) is 9.43. The molecule has 0 aromatic carbocycles.